The topological polar surface area (TPSA) is 107 Å². The maximum absolute atomic E-state index is 13.0. The van der Waals surface area contributed by atoms with Gasteiger partial charge in [0.25, 0.3) is 5.91 Å². The fourth-order valence-corrected chi connectivity index (χ4v) is 5.24. The SMILES string of the molecule is CCc1ccc(NC(=O)[C@H](C)OC(=O)c2ccc3c(c2)S(=O)(=O)c2ccccc2C3=O)cc1. The Morgan fingerprint density at radius 1 is 0.939 bits per heavy atom. The van der Waals surface area contributed by atoms with Gasteiger partial charge in [-0.25, -0.2) is 13.2 Å². The van der Waals surface area contributed by atoms with Crippen molar-refractivity contribution in [3.05, 3.63) is 89.0 Å². The summed E-state index contributed by atoms with van der Waals surface area (Å²) >= 11 is 0. The third-order valence-corrected chi connectivity index (χ3v) is 7.31. The first-order chi connectivity index (χ1) is 15.7. The molecule has 0 bridgehead atoms. The number of benzene rings is 3. The Kier molecular flexibility index (Phi) is 5.86. The molecule has 0 unspecified atom stereocenters. The Hall–Kier alpha value is -3.78. The van der Waals surface area contributed by atoms with Crippen molar-refractivity contribution in [3.8, 4) is 0 Å². The van der Waals surface area contributed by atoms with E-state index in [4.69, 9.17) is 4.74 Å². The van der Waals surface area contributed by atoms with Gasteiger partial charge in [-0.05, 0) is 61.4 Å². The van der Waals surface area contributed by atoms with E-state index in [9.17, 15) is 22.8 Å². The summed E-state index contributed by atoms with van der Waals surface area (Å²) in [7, 11) is -3.99. The van der Waals surface area contributed by atoms with Crippen molar-refractivity contribution in [1.82, 2.24) is 0 Å². The first-order valence-electron chi connectivity index (χ1n) is 10.4. The van der Waals surface area contributed by atoms with Crippen molar-refractivity contribution < 1.29 is 27.5 Å². The van der Waals surface area contributed by atoms with Crippen LogP contribution >= 0.6 is 0 Å². The summed E-state index contributed by atoms with van der Waals surface area (Å²) in [5.74, 6) is -1.83. The van der Waals surface area contributed by atoms with Crippen molar-refractivity contribution in [2.75, 3.05) is 5.32 Å². The fraction of sp³-hybridized carbons (Fsp3) is 0.160. The second-order valence-electron chi connectivity index (χ2n) is 7.63. The lowest BCUT2D eigenvalue weighted by Gasteiger charge is -2.19. The van der Waals surface area contributed by atoms with Gasteiger partial charge in [-0.15, -0.1) is 0 Å². The fourth-order valence-electron chi connectivity index (χ4n) is 3.56. The molecule has 4 rings (SSSR count). The van der Waals surface area contributed by atoms with Crippen LogP contribution in [0.3, 0.4) is 0 Å². The van der Waals surface area contributed by atoms with Crippen LogP contribution in [0.2, 0.25) is 0 Å². The van der Waals surface area contributed by atoms with Gasteiger partial charge in [0.15, 0.2) is 11.9 Å². The molecule has 0 radical (unpaired) electrons. The molecule has 3 aromatic rings. The molecule has 33 heavy (non-hydrogen) atoms. The Morgan fingerprint density at radius 2 is 1.61 bits per heavy atom. The molecule has 0 saturated carbocycles. The Balaban J connectivity index is 1.53. The summed E-state index contributed by atoms with van der Waals surface area (Å²) in [5.41, 5.74) is 1.70. The number of carbonyl (C=O) groups excluding carboxylic acids is 3. The lowest BCUT2D eigenvalue weighted by atomic mass is 10.0. The Labute approximate surface area is 191 Å². The predicted molar refractivity (Wildman–Crippen MR) is 121 cm³/mol. The summed E-state index contributed by atoms with van der Waals surface area (Å²) in [4.78, 5) is 37.4. The average Bonchev–Trinajstić information content (AvgIpc) is 2.83. The lowest BCUT2D eigenvalue weighted by molar-refractivity contribution is -0.123. The second kappa shape index (κ2) is 8.63. The largest absolute Gasteiger partial charge is 0.449 e. The maximum atomic E-state index is 13.0. The van der Waals surface area contributed by atoms with Gasteiger partial charge in [-0.2, -0.15) is 0 Å². The molecule has 0 saturated heterocycles. The van der Waals surface area contributed by atoms with E-state index >= 15 is 0 Å². The average molecular weight is 464 g/mol. The first kappa shape index (κ1) is 22.4. The number of esters is 1. The van der Waals surface area contributed by atoms with Gasteiger partial charge >= 0.3 is 5.97 Å². The minimum Gasteiger partial charge on any atom is -0.449 e. The van der Waals surface area contributed by atoms with Gasteiger partial charge in [0, 0.05) is 16.8 Å². The third-order valence-electron chi connectivity index (χ3n) is 5.46. The van der Waals surface area contributed by atoms with Crippen LogP contribution in [0.5, 0.6) is 0 Å². The highest BCUT2D eigenvalue weighted by atomic mass is 32.2. The normalized spacial score (nSPS) is 14.5. The van der Waals surface area contributed by atoms with Crippen LogP contribution in [-0.4, -0.2) is 32.2 Å². The zero-order valence-electron chi connectivity index (χ0n) is 18.0. The quantitative estimate of drug-likeness (QED) is 0.451. The molecule has 1 N–H and O–H groups in total. The minimum absolute atomic E-state index is 0.00781. The smallest absolute Gasteiger partial charge is 0.338 e. The van der Waals surface area contributed by atoms with E-state index in [2.05, 4.69) is 5.32 Å². The summed E-state index contributed by atoms with van der Waals surface area (Å²) < 4.78 is 31.3. The van der Waals surface area contributed by atoms with Crippen molar-refractivity contribution in [3.63, 3.8) is 0 Å². The van der Waals surface area contributed by atoms with E-state index in [0.29, 0.717) is 5.69 Å². The zero-order valence-corrected chi connectivity index (χ0v) is 18.8. The van der Waals surface area contributed by atoms with Crippen molar-refractivity contribution in [2.45, 2.75) is 36.2 Å². The van der Waals surface area contributed by atoms with E-state index in [0.717, 1.165) is 18.1 Å². The monoisotopic (exact) mass is 463 g/mol. The number of hydrogen-bond acceptors (Lipinski definition) is 6. The molecular weight excluding hydrogens is 442 g/mol. The van der Waals surface area contributed by atoms with E-state index < -0.39 is 33.6 Å². The van der Waals surface area contributed by atoms with E-state index in [1.807, 2.05) is 19.1 Å². The van der Waals surface area contributed by atoms with Gasteiger partial charge < -0.3 is 10.1 Å². The van der Waals surface area contributed by atoms with Crippen LogP contribution in [-0.2, 0) is 25.8 Å². The number of amides is 1. The van der Waals surface area contributed by atoms with Gasteiger partial charge in [0.05, 0.1) is 15.4 Å². The van der Waals surface area contributed by atoms with Gasteiger partial charge in [-0.3, -0.25) is 9.59 Å². The number of sulfone groups is 1. The molecule has 3 aromatic carbocycles. The van der Waals surface area contributed by atoms with Crippen LogP contribution in [0.1, 0.15) is 45.7 Å². The number of rotatable bonds is 5. The van der Waals surface area contributed by atoms with E-state index in [1.54, 1.807) is 18.2 Å². The minimum atomic E-state index is -3.99. The van der Waals surface area contributed by atoms with Gasteiger partial charge in [0.2, 0.25) is 9.84 Å². The van der Waals surface area contributed by atoms with Crippen LogP contribution in [0.25, 0.3) is 0 Å². The second-order valence-corrected chi connectivity index (χ2v) is 9.51. The molecule has 0 aliphatic carbocycles. The highest BCUT2D eigenvalue weighted by molar-refractivity contribution is 7.91. The molecule has 1 aliphatic rings. The van der Waals surface area contributed by atoms with Gasteiger partial charge in [0.1, 0.15) is 0 Å². The van der Waals surface area contributed by atoms with Crippen LogP contribution in [0.4, 0.5) is 5.69 Å². The summed E-state index contributed by atoms with van der Waals surface area (Å²) in [6, 6.07) is 17.0. The Morgan fingerprint density at radius 3 is 2.30 bits per heavy atom. The first-order valence-corrected chi connectivity index (χ1v) is 11.8. The third kappa shape index (κ3) is 4.17. The molecule has 168 valence electrons. The number of carbonyl (C=O) groups is 3. The van der Waals surface area contributed by atoms with Gasteiger partial charge in [-0.1, -0.05) is 31.2 Å². The molecule has 0 aromatic heterocycles. The molecule has 0 spiro atoms. The summed E-state index contributed by atoms with van der Waals surface area (Å²) in [6.45, 7) is 3.44. The van der Waals surface area contributed by atoms with Crippen LogP contribution in [0.15, 0.2) is 76.5 Å². The van der Waals surface area contributed by atoms with E-state index in [1.165, 1.54) is 37.3 Å². The predicted octanol–water partition coefficient (Wildman–Crippen LogP) is 3.81. The molecule has 1 aliphatic heterocycles. The molecule has 1 amide bonds. The van der Waals surface area contributed by atoms with Crippen LogP contribution < -0.4 is 5.32 Å². The number of nitrogens with one attached hydrogen (secondary N) is 1. The van der Waals surface area contributed by atoms with Crippen molar-refractivity contribution in [1.29, 1.82) is 0 Å². The summed E-state index contributed by atoms with van der Waals surface area (Å²) in [5, 5.41) is 2.67. The molecule has 1 heterocycles. The number of ketones is 1. The van der Waals surface area contributed by atoms with E-state index in [-0.39, 0.29) is 26.5 Å². The van der Waals surface area contributed by atoms with Crippen LogP contribution in [0, 0.1) is 0 Å². The number of hydrogen-bond donors (Lipinski definition) is 1. The standard InChI is InChI=1S/C25H21NO6S/c1-3-16-8-11-18(12-9-16)26-24(28)15(2)32-25(29)17-10-13-20-22(14-17)33(30,31)21-7-5-4-6-19(21)23(20)27/h4-15H,3H2,1-2H3,(H,26,28)/t15-/m0/s1. The summed E-state index contributed by atoms with van der Waals surface area (Å²) in [6.07, 6.45) is -0.256. The number of aryl methyl sites for hydroxylation is 1. The molecule has 8 heteroatoms. The molecule has 7 nitrogen and oxygen atoms in total. The highest BCUT2D eigenvalue weighted by Crippen LogP contribution is 2.34. The molecule has 1 atom stereocenters. The Bertz CT molecular complexity index is 1380. The maximum Gasteiger partial charge on any atom is 0.338 e. The highest BCUT2D eigenvalue weighted by Gasteiger charge is 2.35. The number of anilines is 1. The van der Waals surface area contributed by atoms with Crippen molar-refractivity contribution in [2.24, 2.45) is 0 Å². The number of ether oxygens (including phenoxy) is 1. The lowest BCUT2D eigenvalue weighted by Crippen LogP contribution is -2.30. The number of fused-ring (bicyclic) bond motifs is 2. The zero-order chi connectivity index (χ0) is 23.8. The molecule has 0 fully saturated rings. The van der Waals surface area contributed by atoms with Crippen molar-refractivity contribution >= 4 is 33.2 Å². The molecular formula is C25H21NO6S.